The molecular formula is C11H14O4S3Se2. The van der Waals surface area contributed by atoms with E-state index in [1.807, 2.05) is 0 Å². The Morgan fingerprint density at radius 3 is 1.75 bits per heavy atom. The third-order valence-corrected chi connectivity index (χ3v) is 12.5. The molecule has 0 fully saturated rings. The van der Waals surface area contributed by atoms with Gasteiger partial charge in [0.05, 0.1) is 0 Å². The third-order valence-electron chi connectivity index (χ3n) is 2.05. The number of thioether (sulfide) groups is 2. The first-order valence-electron chi connectivity index (χ1n) is 5.60. The van der Waals surface area contributed by atoms with Crippen LogP contribution in [0.1, 0.15) is 12.8 Å². The number of hydrogen-bond acceptors (Lipinski definition) is 7. The molecule has 0 unspecified atom stereocenters. The Bertz CT molecular complexity index is 470. The number of esters is 2. The summed E-state index contributed by atoms with van der Waals surface area (Å²) in [6.07, 6.45) is 0.835. The molecule has 1 rings (SSSR count). The molecule has 0 amide bonds. The molecular weight excluding hydrogens is 450 g/mol. The molecule has 20 heavy (non-hydrogen) atoms. The van der Waals surface area contributed by atoms with E-state index in [1.165, 1.54) is 21.8 Å². The molecule has 0 aliphatic rings. The van der Waals surface area contributed by atoms with Gasteiger partial charge < -0.3 is 0 Å². The van der Waals surface area contributed by atoms with Crippen molar-refractivity contribution < 1.29 is 19.1 Å². The van der Waals surface area contributed by atoms with Gasteiger partial charge in [-0.1, -0.05) is 0 Å². The molecule has 0 N–H and O–H groups in total. The van der Waals surface area contributed by atoms with Crippen LogP contribution in [0.15, 0.2) is 7.54 Å². The predicted molar refractivity (Wildman–Crippen MR) is 85.9 cm³/mol. The third kappa shape index (κ3) is 6.98. The summed E-state index contributed by atoms with van der Waals surface area (Å²) in [6, 6.07) is 0. The molecule has 0 saturated heterocycles. The Kier molecular flexibility index (Phi) is 9.53. The van der Waals surface area contributed by atoms with E-state index in [1.54, 1.807) is 23.5 Å². The van der Waals surface area contributed by atoms with Gasteiger partial charge >= 0.3 is 144 Å². The number of hydrogen-bond donors (Lipinski definition) is 0. The van der Waals surface area contributed by atoms with Gasteiger partial charge in [-0.3, -0.25) is 0 Å². The van der Waals surface area contributed by atoms with E-state index in [9.17, 15) is 9.59 Å². The maximum absolute atomic E-state index is 11.1. The SMILES string of the molecule is COC(=O)CCSc1[se]c(=S)[se]c1SCCC(=O)OC. The number of ether oxygens (including phenoxy) is 2. The average molecular weight is 464 g/mol. The first kappa shape index (κ1) is 18.6. The van der Waals surface area contributed by atoms with Gasteiger partial charge in [0.2, 0.25) is 0 Å². The van der Waals surface area contributed by atoms with Crippen molar-refractivity contribution in [3.63, 3.8) is 0 Å². The van der Waals surface area contributed by atoms with Crippen LogP contribution >= 0.6 is 35.7 Å². The van der Waals surface area contributed by atoms with Crippen molar-refractivity contribution >= 4 is 76.7 Å². The van der Waals surface area contributed by atoms with Crippen molar-refractivity contribution in [1.82, 2.24) is 0 Å². The summed E-state index contributed by atoms with van der Waals surface area (Å²) >= 11 is 9.24. The van der Waals surface area contributed by atoms with E-state index in [0.717, 1.165) is 13.8 Å². The monoisotopic (exact) mass is 466 g/mol. The molecule has 0 aromatic carbocycles. The number of rotatable bonds is 8. The normalized spacial score (nSPS) is 10.3. The summed E-state index contributed by atoms with van der Waals surface area (Å²) in [7, 11) is 2.80. The summed E-state index contributed by atoms with van der Waals surface area (Å²) in [5.74, 6) is 1.08. The molecule has 0 bridgehead atoms. The fourth-order valence-electron chi connectivity index (χ4n) is 1.09. The second kappa shape index (κ2) is 10.3. The molecule has 0 aliphatic heterocycles. The van der Waals surface area contributed by atoms with Crippen molar-refractivity contribution in [2.24, 2.45) is 0 Å². The van der Waals surface area contributed by atoms with Crippen molar-refractivity contribution in [2.75, 3.05) is 25.7 Å². The van der Waals surface area contributed by atoms with Gasteiger partial charge in [-0.05, 0) is 0 Å². The first-order valence-corrected chi connectivity index (χ1v) is 11.4. The minimum atomic E-state index is -0.184. The van der Waals surface area contributed by atoms with E-state index in [4.69, 9.17) is 12.2 Å². The second-order valence-corrected chi connectivity index (χ2v) is 13.9. The van der Waals surface area contributed by atoms with E-state index < -0.39 is 0 Å². The van der Waals surface area contributed by atoms with Gasteiger partial charge in [0, 0.05) is 0 Å². The summed E-state index contributed by atoms with van der Waals surface area (Å²) in [5.41, 5.74) is 0. The molecule has 1 heterocycles. The molecule has 9 heteroatoms. The van der Waals surface area contributed by atoms with Crippen LogP contribution in [0, 0.1) is 2.26 Å². The fourth-order valence-corrected chi connectivity index (χ4v) is 13.4. The molecule has 112 valence electrons. The molecule has 1 aromatic heterocycles. The average Bonchev–Trinajstić information content (AvgIpc) is 2.78. The molecule has 1 aromatic rings. The van der Waals surface area contributed by atoms with Crippen LogP contribution in [0.5, 0.6) is 0 Å². The van der Waals surface area contributed by atoms with Crippen LogP contribution in [-0.2, 0) is 19.1 Å². The summed E-state index contributed by atoms with van der Waals surface area (Å²) in [6.45, 7) is 0. The summed E-state index contributed by atoms with van der Waals surface area (Å²) < 4.78 is 13.0. The van der Waals surface area contributed by atoms with Crippen molar-refractivity contribution in [1.29, 1.82) is 0 Å². The van der Waals surface area contributed by atoms with E-state index in [2.05, 4.69) is 9.47 Å². The molecule has 0 radical (unpaired) electrons. The minimum absolute atomic E-state index is 0.184. The van der Waals surface area contributed by atoms with Crippen LogP contribution < -0.4 is 0 Å². The van der Waals surface area contributed by atoms with Crippen LogP contribution in [0.25, 0.3) is 0 Å². The van der Waals surface area contributed by atoms with Crippen LogP contribution in [0.4, 0.5) is 0 Å². The Balaban J connectivity index is 2.48. The van der Waals surface area contributed by atoms with Crippen LogP contribution in [0.2, 0.25) is 0 Å². The zero-order chi connectivity index (χ0) is 15.0. The van der Waals surface area contributed by atoms with Crippen molar-refractivity contribution in [3.8, 4) is 0 Å². The Labute approximate surface area is 143 Å². The zero-order valence-corrected chi connectivity index (χ0v) is 16.9. The van der Waals surface area contributed by atoms with Crippen molar-refractivity contribution in [2.45, 2.75) is 20.4 Å². The van der Waals surface area contributed by atoms with E-state index in [0.29, 0.717) is 12.8 Å². The van der Waals surface area contributed by atoms with Crippen LogP contribution in [-0.4, -0.2) is 66.7 Å². The quantitative estimate of drug-likeness (QED) is 0.252. The molecule has 0 atom stereocenters. The molecule has 0 spiro atoms. The molecule has 4 nitrogen and oxygen atoms in total. The van der Waals surface area contributed by atoms with Gasteiger partial charge in [-0.25, -0.2) is 0 Å². The Hall–Kier alpha value is 0.509. The Morgan fingerprint density at radius 2 is 1.40 bits per heavy atom. The van der Waals surface area contributed by atoms with Gasteiger partial charge in [-0.2, -0.15) is 0 Å². The number of carbonyl (C=O) groups excluding carboxylic acids is 2. The van der Waals surface area contributed by atoms with Crippen molar-refractivity contribution in [3.05, 3.63) is 2.26 Å². The van der Waals surface area contributed by atoms with Gasteiger partial charge in [-0.15, -0.1) is 0 Å². The number of carbonyl (C=O) groups is 2. The molecule has 0 saturated carbocycles. The predicted octanol–water partition coefficient (Wildman–Crippen LogP) is 1.84. The summed E-state index contributed by atoms with van der Waals surface area (Å²) in [5, 5.41) is 0. The summed E-state index contributed by atoms with van der Waals surface area (Å²) in [4.78, 5) is 22.2. The molecule has 0 aliphatic carbocycles. The van der Waals surface area contributed by atoms with E-state index >= 15 is 0 Å². The fraction of sp³-hybridized carbons (Fsp3) is 0.545. The Morgan fingerprint density at radius 1 is 1.00 bits per heavy atom. The zero-order valence-electron chi connectivity index (χ0n) is 11.0. The topological polar surface area (TPSA) is 52.6 Å². The van der Waals surface area contributed by atoms with Gasteiger partial charge in [0.25, 0.3) is 0 Å². The first-order chi connectivity index (χ1) is 9.56. The maximum atomic E-state index is 11.1. The standard InChI is InChI=1S/C11H14O4S3Se2/c1-14-7(12)3-5-17-9-10(20-11(16)19-9)18-6-4-8(13)15-2/h3-6H2,1-2H3. The van der Waals surface area contributed by atoms with Gasteiger partial charge in [0.1, 0.15) is 0 Å². The van der Waals surface area contributed by atoms with E-state index in [-0.39, 0.29) is 40.9 Å². The van der Waals surface area contributed by atoms with Crippen LogP contribution in [0.3, 0.4) is 0 Å². The second-order valence-electron chi connectivity index (χ2n) is 3.38. The number of methoxy groups -OCH3 is 2. The van der Waals surface area contributed by atoms with Gasteiger partial charge in [0.15, 0.2) is 0 Å².